The lowest BCUT2D eigenvalue weighted by Crippen LogP contribution is -2.53. The minimum Gasteiger partial charge on any atom is -0.466 e. The van der Waals surface area contributed by atoms with Crippen LogP contribution in [0.15, 0.2) is 69.6 Å². The van der Waals surface area contributed by atoms with Crippen molar-refractivity contribution in [3.05, 3.63) is 97.2 Å². The summed E-state index contributed by atoms with van der Waals surface area (Å²) in [6.07, 6.45) is 1.66. The summed E-state index contributed by atoms with van der Waals surface area (Å²) >= 11 is 9.18. The van der Waals surface area contributed by atoms with Gasteiger partial charge in [-0.2, -0.15) is 5.26 Å². The Hall–Kier alpha value is -5.01. The third-order valence-electron chi connectivity index (χ3n) is 8.79. The Labute approximate surface area is 299 Å². The highest BCUT2D eigenvalue weighted by Gasteiger charge is 2.43. The maximum Gasteiger partial charge on any atom is 0.338 e. The van der Waals surface area contributed by atoms with Gasteiger partial charge in [0.2, 0.25) is 0 Å². The maximum atomic E-state index is 14.0. The Morgan fingerprint density at radius 3 is 2.74 bits per heavy atom. The molecule has 0 radical (unpaired) electrons. The predicted molar refractivity (Wildman–Crippen MR) is 187 cm³/mol. The number of thiazole rings is 2. The van der Waals surface area contributed by atoms with Gasteiger partial charge in [0.25, 0.3) is 0 Å². The quantitative estimate of drug-likeness (QED) is 0.189. The summed E-state index contributed by atoms with van der Waals surface area (Å²) in [5, 5.41) is 17.9. The molecular formula is C34H28ClFN8O4S2. The number of carbonyl (C=O) groups excluding carboxylic acids is 3. The molecule has 2 fully saturated rings. The van der Waals surface area contributed by atoms with Crippen LogP contribution >= 0.6 is 34.3 Å². The van der Waals surface area contributed by atoms with Crippen molar-refractivity contribution in [3.8, 4) is 17.3 Å². The number of halogens is 2. The molecule has 0 bridgehead atoms. The molecule has 7 rings (SSSR count). The van der Waals surface area contributed by atoms with E-state index in [1.54, 1.807) is 34.7 Å². The van der Waals surface area contributed by atoms with E-state index >= 15 is 0 Å². The maximum absolute atomic E-state index is 14.0. The van der Waals surface area contributed by atoms with E-state index < -0.39 is 17.8 Å². The van der Waals surface area contributed by atoms with Crippen LogP contribution in [0.1, 0.15) is 39.5 Å². The number of hydrogen-bond donors (Lipinski definition) is 1. The third kappa shape index (κ3) is 6.27. The van der Waals surface area contributed by atoms with Crippen molar-refractivity contribution in [2.24, 2.45) is 4.99 Å². The number of aliphatic imine (C=N–C) groups is 1. The van der Waals surface area contributed by atoms with Crippen LogP contribution in [0, 0.1) is 17.1 Å². The summed E-state index contributed by atoms with van der Waals surface area (Å²) in [5.74, 6) is -0.801. The molecule has 2 atom stereocenters. The molecule has 2 saturated heterocycles. The molecule has 0 spiro atoms. The number of aromatic nitrogens is 2. The van der Waals surface area contributed by atoms with Crippen molar-refractivity contribution in [2.45, 2.75) is 19.0 Å². The van der Waals surface area contributed by atoms with Gasteiger partial charge in [0.05, 0.1) is 42.6 Å². The minimum atomic E-state index is -0.880. The van der Waals surface area contributed by atoms with Crippen molar-refractivity contribution in [1.29, 1.82) is 5.26 Å². The first-order valence-corrected chi connectivity index (χ1v) is 17.6. The summed E-state index contributed by atoms with van der Waals surface area (Å²) in [6.45, 7) is 3.63. The van der Waals surface area contributed by atoms with Gasteiger partial charge in [0, 0.05) is 70.5 Å². The zero-order chi connectivity index (χ0) is 35.1. The molecule has 0 unspecified atom stereocenters. The first-order valence-electron chi connectivity index (χ1n) is 15.5. The van der Waals surface area contributed by atoms with Crippen molar-refractivity contribution >= 4 is 63.0 Å². The lowest BCUT2D eigenvalue weighted by molar-refractivity contribution is -0.136. The van der Waals surface area contributed by atoms with Crippen molar-refractivity contribution in [3.63, 3.8) is 0 Å². The number of Topliss-reactive ketones (excluding diaryl/α,β-unsaturated/α-hetero) is 1. The molecule has 254 valence electrons. The number of nitriles is 1. The smallest absolute Gasteiger partial charge is 0.338 e. The molecule has 1 N–H and O–H groups in total. The number of fused-ring (bicyclic) bond motifs is 1. The van der Waals surface area contributed by atoms with Crippen LogP contribution in [-0.2, 0) is 9.53 Å². The Morgan fingerprint density at radius 2 is 2.02 bits per heavy atom. The van der Waals surface area contributed by atoms with Crippen molar-refractivity contribution < 1.29 is 23.5 Å². The van der Waals surface area contributed by atoms with E-state index in [2.05, 4.69) is 21.3 Å². The first-order chi connectivity index (χ1) is 24.1. The number of anilines is 1. The first kappa shape index (κ1) is 33.5. The van der Waals surface area contributed by atoms with Gasteiger partial charge in [0.1, 0.15) is 11.9 Å². The second kappa shape index (κ2) is 13.7. The Bertz CT molecular complexity index is 2130. The number of amidine groups is 1. The summed E-state index contributed by atoms with van der Waals surface area (Å²) in [6, 6.07) is 9.85. The zero-order valence-corrected chi connectivity index (χ0v) is 29.1. The number of rotatable bonds is 8. The van der Waals surface area contributed by atoms with E-state index in [1.165, 1.54) is 54.9 Å². The third-order valence-corrected chi connectivity index (χ3v) is 10.8. The lowest BCUT2D eigenvalue weighted by Gasteiger charge is -2.38. The van der Waals surface area contributed by atoms with Gasteiger partial charge >= 0.3 is 12.0 Å². The average Bonchev–Trinajstić information content (AvgIpc) is 3.89. The molecule has 12 nitrogen and oxygen atoms in total. The fourth-order valence-electron chi connectivity index (χ4n) is 6.36. The number of ether oxygens (including phenoxy) is 1. The van der Waals surface area contributed by atoms with Crippen LogP contribution in [0.25, 0.3) is 11.3 Å². The van der Waals surface area contributed by atoms with Crippen LogP contribution in [0.3, 0.4) is 0 Å². The van der Waals surface area contributed by atoms with Gasteiger partial charge in [-0.25, -0.2) is 23.9 Å². The van der Waals surface area contributed by atoms with Crippen LogP contribution < -0.4 is 10.2 Å². The highest BCUT2D eigenvalue weighted by atomic mass is 35.5. The predicted octanol–water partition coefficient (Wildman–Crippen LogP) is 5.28. The van der Waals surface area contributed by atoms with Gasteiger partial charge in [-0.3, -0.25) is 19.6 Å². The summed E-state index contributed by atoms with van der Waals surface area (Å²) < 4.78 is 19.2. The monoisotopic (exact) mass is 730 g/mol. The molecule has 16 heteroatoms. The second-order valence-electron chi connectivity index (χ2n) is 11.8. The molecule has 3 aliphatic heterocycles. The van der Waals surface area contributed by atoms with Gasteiger partial charge < -0.3 is 15.0 Å². The van der Waals surface area contributed by atoms with Gasteiger partial charge in [-0.05, 0) is 25.1 Å². The van der Waals surface area contributed by atoms with Crippen LogP contribution in [0.4, 0.5) is 14.3 Å². The molecule has 5 heterocycles. The number of methoxy groups -OCH3 is 1. The summed E-state index contributed by atoms with van der Waals surface area (Å²) in [5.41, 5.74) is 3.15. The Balaban J connectivity index is 1.14. The molecule has 2 aromatic heterocycles. The lowest BCUT2D eigenvalue weighted by atomic mass is 9.95. The fourth-order valence-corrected chi connectivity index (χ4v) is 8.04. The number of benzene rings is 2. The van der Waals surface area contributed by atoms with Crippen molar-refractivity contribution in [1.82, 2.24) is 25.1 Å². The molecule has 3 aliphatic rings. The van der Waals surface area contributed by atoms with Gasteiger partial charge in [-0.15, -0.1) is 22.7 Å². The SMILES string of the molecule is COC(=O)C1=C(CN2CCN3C(=O)N(c4nc(-c5ccc(C(C)=O)cc5C#N)cs4)C[C@@H]3C2)NC(c2nccs2)=N[C@H]1c1ccc(F)cc1Cl. The average molecular weight is 731 g/mol. The Kier molecular flexibility index (Phi) is 9.19. The fraction of sp³-hybridized carbons (Fsp3) is 0.265. The van der Waals surface area contributed by atoms with E-state index in [9.17, 15) is 24.0 Å². The number of piperazine rings is 1. The van der Waals surface area contributed by atoms with E-state index in [1.807, 2.05) is 10.3 Å². The van der Waals surface area contributed by atoms with E-state index in [-0.39, 0.29) is 28.5 Å². The summed E-state index contributed by atoms with van der Waals surface area (Å²) in [7, 11) is 1.29. The zero-order valence-electron chi connectivity index (χ0n) is 26.7. The minimum absolute atomic E-state index is 0.125. The summed E-state index contributed by atoms with van der Waals surface area (Å²) in [4.78, 5) is 58.3. The number of esters is 1. The molecule has 2 amide bonds. The number of ketones is 1. The van der Waals surface area contributed by atoms with Crippen LogP contribution in [0.2, 0.25) is 5.02 Å². The highest BCUT2D eigenvalue weighted by molar-refractivity contribution is 7.14. The standard InChI is InChI=1S/C34H28ClFN8O4S2/c1-18(45)19-3-5-23(20(11-19)13-37)27-17-50-33(40-27)44-15-22-14-42(8-9-43(22)34(44)47)16-26-28(32(46)48-2)29(24-6-4-21(36)12-25(24)35)41-30(39-26)31-38-7-10-49-31/h3-7,10-12,17,22,29H,8-9,14-16H2,1-2H3,(H,39,41)/t22-,29-/m0/s1. The number of nitrogens with one attached hydrogen (secondary N) is 1. The van der Waals surface area contributed by atoms with E-state index in [4.69, 9.17) is 26.3 Å². The molecule has 0 aliphatic carbocycles. The van der Waals surface area contributed by atoms with Gasteiger partial charge in [0.15, 0.2) is 21.8 Å². The van der Waals surface area contributed by atoms with Gasteiger partial charge in [-0.1, -0.05) is 29.8 Å². The molecular weight excluding hydrogens is 703 g/mol. The molecule has 2 aromatic carbocycles. The number of hydrogen-bond acceptors (Lipinski definition) is 12. The second-order valence-corrected chi connectivity index (χ2v) is 13.9. The van der Waals surface area contributed by atoms with Crippen molar-refractivity contribution in [2.75, 3.05) is 44.7 Å². The van der Waals surface area contributed by atoms with Crippen LogP contribution in [-0.4, -0.2) is 89.3 Å². The van der Waals surface area contributed by atoms with E-state index in [0.717, 1.165) is 0 Å². The highest BCUT2D eigenvalue weighted by Crippen LogP contribution is 2.38. The molecule has 0 saturated carbocycles. The molecule has 4 aromatic rings. The Morgan fingerprint density at radius 1 is 1.18 bits per heavy atom. The normalized spacial score (nSPS) is 19.2. The molecule has 50 heavy (non-hydrogen) atoms. The number of amides is 2. The number of urea groups is 1. The largest absolute Gasteiger partial charge is 0.466 e. The number of nitrogens with zero attached hydrogens (tertiary/aromatic N) is 7. The van der Waals surface area contributed by atoms with E-state index in [0.29, 0.717) is 82.3 Å². The topological polar surface area (TPSA) is 144 Å². The van der Waals surface area contributed by atoms with Crippen LogP contribution in [0.5, 0.6) is 0 Å². The number of carbonyl (C=O) groups is 3.